The Bertz CT molecular complexity index is 884. The third kappa shape index (κ3) is 5.42. The molecular weight excluding hydrogens is 364 g/mol. The number of methoxy groups -OCH3 is 1. The lowest BCUT2D eigenvalue weighted by Gasteiger charge is -2.21. The monoisotopic (exact) mass is 382 g/mol. The number of benzene rings is 2. The minimum absolute atomic E-state index is 0.0713. The molecule has 0 aliphatic carbocycles. The highest BCUT2D eigenvalue weighted by molar-refractivity contribution is 8.15. The number of thioether (sulfide) groups is 1. The van der Waals surface area contributed by atoms with Crippen molar-refractivity contribution >= 4 is 40.6 Å². The van der Waals surface area contributed by atoms with Gasteiger partial charge in [-0.3, -0.25) is 9.59 Å². The lowest BCUT2D eigenvalue weighted by atomic mass is 10.2. The first-order valence-electron chi connectivity index (χ1n) is 8.21. The number of anilines is 1. The summed E-state index contributed by atoms with van der Waals surface area (Å²) in [6.07, 6.45) is 1.65. The van der Waals surface area contributed by atoms with Crippen LogP contribution < -0.4 is 15.4 Å². The number of nitrogens with zero attached hydrogens (tertiary/aromatic N) is 2. The molecule has 0 bridgehead atoms. The molecule has 0 aromatic heterocycles. The van der Waals surface area contributed by atoms with E-state index in [-0.39, 0.29) is 18.2 Å². The van der Waals surface area contributed by atoms with E-state index in [9.17, 15) is 9.59 Å². The van der Waals surface area contributed by atoms with Crippen LogP contribution in [0.3, 0.4) is 0 Å². The lowest BCUT2D eigenvalue weighted by molar-refractivity contribution is -0.123. The second kappa shape index (κ2) is 9.00. The Labute approximate surface area is 160 Å². The van der Waals surface area contributed by atoms with E-state index in [1.807, 2.05) is 30.3 Å². The van der Waals surface area contributed by atoms with Gasteiger partial charge in [0.05, 0.1) is 13.3 Å². The molecule has 1 saturated heterocycles. The molecule has 2 amide bonds. The van der Waals surface area contributed by atoms with Crippen molar-refractivity contribution < 1.29 is 14.3 Å². The molecule has 8 heteroatoms. The first kappa shape index (κ1) is 18.7. The number of ether oxygens (including phenoxy) is 1. The van der Waals surface area contributed by atoms with E-state index in [0.29, 0.717) is 16.6 Å². The van der Waals surface area contributed by atoms with Crippen molar-refractivity contribution in [3.63, 3.8) is 0 Å². The van der Waals surface area contributed by atoms with Gasteiger partial charge in [-0.25, -0.2) is 0 Å². The molecule has 0 radical (unpaired) electrons. The van der Waals surface area contributed by atoms with Crippen molar-refractivity contribution in [3.8, 4) is 5.75 Å². The Balaban J connectivity index is 1.65. The van der Waals surface area contributed by atoms with Crippen LogP contribution in [0.5, 0.6) is 5.75 Å². The minimum atomic E-state index is -0.587. The number of rotatable bonds is 5. The zero-order chi connectivity index (χ0) is 19.1. The van der Waals surface area contributed by atoms with E-state index in [4.69, 9.17) is 4.74 Å². The number of carbonyl (C=O) groups excluding carboxylic acids is 2. The van der Waals surface area contributed by atoms with Gasteiger partial charge in [-0.2, -0.15) is 5.10 Å². The fourth-order valence-corrected chi connectivity index (χ4v) is 3.29. The quantitative estimate of drug-likeness (QED) is 0.614. The van der Waals surface area contributed by atoms with Crippen molar-refractivity contribution in [2.75, 3.05) is 12.4 Å². The molecule has 1 atom stereocenters. The van der Waals surface area contributed by atoms with Gasteiger partial charge in [-0.05, 0) is 17.7 Å². The maximum Gasteiger partial charge on any atom is 0.238 e. The predicted molar refractivity (Wildman–Crippen MR) is 107 cm³/mol. The smallest absolute Gasteiger partial charge is 0.238 e. The number of amidine groups is 1. The van der Waals surface area contributed by atoms with E-state index in [1.54, 1.807) is 37.6 Å². The molecule has 27 heavy (non-hydrogen) atoms. The van der Waals surface area contributed by atoms with Crippen molar-refractivity contribution in [2.24, 2.45) is 10.2 Å². The Kier molecular flexibility index (Phi) is 6.22. The van der Waals surface area contributed by atoms with E-state index in [0.717, 1.165) is 5.56 Å². The summed E-state index contributed by atoms with van der Waals surface area (Å²) in [6.45, 7) is 0. The van der Waals surface area contributed by atoms with E-state index in [2.05, 4.69) is 20.8 Å². The topological polar surface area (TPSA) is 92.1 Å². The molecular formula is C19H18N4O3S. The molecule has 0 unspecified atom stereocenters. The molecule has 1 heterocycles. The highest BCUT2D eigenvalue weighted by atomic mass is 32.2. The van der Waals surface area contributed by atoms with Gasteiger partial charge in [0.15, 0.2) is 5.17 Å². The van der Waals surface area contributed by atoms with Crippen LogP contribution in [0.2, 0.25) is 0 Å². The number of hydrogen-bond acceptors (Lipinski definition) is 6. The molecule has 7 nitrogen and oxygen atoms in total. The van der Waals surface area contributed by atoms with Gasteiger partial charge < -0.3 is 15.4 Å². The van der Waals surface area contributed by atoms with Gasteiger partial charge in [-0.1, -0.05) is 48.2 Å². The molecule has 0 spiro atoms. The summed E-state index contributed by atoms with van der Waals surface area (Å²) in [5.41, 5.74) is 1.49. The van der Waals surface area contributed by atoms with Gasteiger partial charge >= 0.3 is 0 Å². The Morgan fingerprint density at radius 2 is 2.07 bits per heavy atom. The summed E-state index contributed by atoms with van der Waals surface area (Å²) < 4.78 is 5.14. The molecule has 2 aromatic rings. The van der Waals surface area contributed by atoms with Crippen LogP contribution in [-0.2, 0) is 9.59 Å². The second-order valence-corrected chi connectivity index (χ2v) is 6.83. The Morgan fingerprint density at radius 1 is 1.26 bits per heavy atom. The standard InChI is InChI=1S/C19H18N4O3S/c1-26-15-9-5-8-14(10-15)21-18(25)16-11-17(24)22-19(27-16)23-20-12-13-6-3-2-4-7-13/h2-10,12,16H,11H2,1H3,(H,21,25)(H,22,23,24)/t16-/m1/s1. The molecule has 2 N–H and O–H groups in total. The molecule has 138 valence electrons. The molecule has 0 saturated carbocycles. The Morgan fingerprint density at radius 3 is 2.85 bits per heavy atom. The van der Waals surface area contributed by atoms with E-state index in [1.165, 1.54) is 11.8 Å². The summed E-state index contributed by atoms with van der Waals surface area (Å²) in [7, 11) is 1.56. The van der Waals surface area contributed by atoms with Crippen LogP contribution in [-0.4, -0.2) is 35.6 Å². The summed E-state index contributed by atoms with van der Waals surface area (Å²) in [5.74, 6) is 0.0930. The van der Waals surface area contributed by atoms with Crippen LogP contribution in [0.4, 0.5) is 5.69 Å². The second-order valence-electron chi connectivity index (χ2n) is 5.64. The average molecular weight is 382 g/mol. The van der Waals surface area contributed by atoms with Gasteiger partial charge in [-0.15, -0.1) is 5.10 Å². The average Bonchev–Trinajstić information content (AvgIpc) is 2.68. The predicted octanol–water partition coefficient (Wildman–Crippen LogP) is 2.65. The fraction of sp³-hybridized carbons (Fsp3) is 0.158. The van der Waals surface area contributed by atoms with Crippen LogP contribution in [0.25, 0.3) is 0 Å². The van der Waals surface area contributed by atoms with Gasteiger partial charge in [0, 0.05) is 18.2 Å². The van der Waals surface area contributed by atoms with Gasteiger partial charge in [0.1, 0.15) is 11.0 Å². The summed E-state index contributed by atoms with van der Waals surface area (Å²) in [6, 6.07) is 16.5. The normalized spacial score (nSPS) is 18.3. The summed E-state index contributed by atoms with van der Waals surface area (Å²) in [5, 5.41) is 13.1. The first-order valence-corrected chi connectivity index (χ1v) is 9.09. The van der Waals surface area contributed by atoms with E-state index < -0.39 is 5.25 Å². The highest BCUT2D eigenvalue weighted by Crippen LogP contribution is 2.23. The van der Waals surface area contributed by atoms with Crippen LogP contribution in [0.1, 0.15) is 12.0 Å². The molecule has 1 aliphatic heterocycles. The minimum Gasteiger partial charge on any atom is -0.497 e. The van der Waals surface area contributed by atoms with Gasteiger partial charge in [0.25, 0.3) is 0 Å². The van der Waals surface area contributed by atoms with Crippen molar-refractivity contribution in [2.45, 2.75) is 11.7 Å². The number of hydrogen-bond donors (Lipinski definition) is 2. The highest BCUT2D eigenvalue weighted by Gasteiger charge is 2.30. The number of carbonyl (C=O) groups is 2. The SMILES string of the molecule is COc1cccc(NC(=O)[C@H]2CC(=O)NC(=NN=Cc3ccccc3)S2)c1. The van der Waals surface area contributed by atoms with E-state index >= 15 is 0 Å². The maximum absolute atomic E-state index is 12.5. The largest absolute Gasteiger partial charge is 0.497 e. The molecule has 3 rings (SSSR count). The van der Waals surface area contributed by atoms with Crippen molar-refractivity contribution in [1.29, 1.82) is 0 Å². The van der Waals surface area contributed by atoms with Crippen molar-refractivity contribution in [3.05, 3.63) is 60.2 Å². The van der Waals surface area contributed by atoms with Crippen LogP contribution in [0, 0.1) is 0 Å². The maximum atomic E-state index is 12.5. The first-order chi connectivity index (χ1) is 13.1. The third-order valence-electron chi connectivity index (χ3n) is 3.66. The summed E-state index contributed by atoms with van der Waals surface area (Å²) in [4.78, 5) is 24.4. The van der Waals surface area contributed by atoms with Crippen LogP contribution in [0.15, 0.2) is 64.8 Å². The summed E-state index contributed by atoms with van der Waals surface area (Å²) >= 11 is 1.17. The van der Waals surface area contributed by atoms with Crippen molar-refractivity contribution in [1.82, 2.24) is 5.32 Å². The molecule has 1 fully saturated rings. The third-order valence-corrected chi connectivity index (χ3v) is 4.73. The molecule has 2 aromatic carbocycles. The fourth-order valence-electron chi connectivity index (χ4n) is 2.35. The number of nitrogens with one attached hydrogen (secondary N) is 2. The zero-order valence-corrected chi connectivity index (χ0v) is 15.4. The molecule has 1 aliphatic rings. The number of amides is 2. The van der Waals surface area contributed by atoms with Gasteiger partial charge in [0.2, 0.25) is 11.8 Å². The Hall–Kier alpha value is -3.13. The lowest BCUT2D eigenvalue weighted by Crippen LogP contribution is -2.41. The van der Waals surface area contributed by atoms with Crippen LogP contribution >= 0.6 is 11.8 Å². The zero-order valence-electron chi connectivity index (χ0n) is 14.6.